The van der Waals surface area contributed by atoms with Gasteiger partial charge < -0.3 is 20.1 Å². The van der Waals surface area contributed by atoms with Crippen LogP contribution in [0.15, 0.2) is 22.7 Å². The predicted molar refractivity (Wildman–Crippen MR) is 77.3 cm³/mol. The van der Waals surface area contributed by atoms with E-state index < -0.39 is 0 Å². The fourth-order valence-electron chi connectivity index (χ4n) is 1.46. The van der Waals surface area contributed by atoms with Gasteiger partial charge in [-0.15, -0.1) is 0 Å². The highest BCUT2D eigenvalue weighted by atomic mass is 79.9. The molecule has 0 heterocycles. The number of benzene rings is 1. The van der Waals surface area contributed by atoms with E-state index in [0.717, 1.165) is 16.6 Å². The molecule has 0 aromatic heterocycles. The standard InChI is InChI=1S/C13H19BrN2O3/c1-15-8-10-3-4-12(11(14)7-10)19-9-13(17)16-5-6-18-2/h3-4,7,15H,5-6,8-9H2,1-2H3,(H,16,17). The van der Waals surface area contributed by atoms with Crippen molar-refractivity contribution in [2.75, 3.05) is 33.9 Å². The van der Waals surface area contributed by atoms with Crippen LogP contribution in [0.3, 0.4) is 0 Å². The van der Waals surface area contributed by atoms with Gasteiger partial charge in [0.2, 0.25) is 0 Å². The van der Waals surface area contributed by atoms with Crippen LogP contribution in [-0.4, -0.2) is 39.8 Å². The minimum atomic E-state index is -0.164. The SMILES string of the molecule is CNCc1ccc(OCC(=O)NCCOC)c(Br)c1. The summed E-state index contributed by atoms with van der Waals surface area (Å²) in [5, 5.41) is 5.76. The Balaban J connectivity index is 2.42. The van der Waals surface area contributed by atoms with Gasteiger partial charge in [0, 0.05) is 20.2 Å². The van der Waals surface area contributed by atoms with E-state index in [1.807, 2.05) is 25.2 Å². The lowest BCUT2D eigenvalue weighted by molar-refractivity contribution is -0.123. The zero-order valence-electron chi connectivity index (χ0n) is 11.2. The van der Waals surface area contributed by atoms with E-state index in [9.17, 15) is 4.79 Å². The van der Waals surface area contributed by atoms with Crippen molar-refractivity contribution in [2.45, 2.75) is 6.54 Å². The van der Waals surface area contributed by atoms with Crippen molar-refractivity contribution in [3.63, 3.8) is 0 Å². The van der Waals surface area contributed by atoms with Crippen LogP contribution >= 0.6 is 15.9 Å². The second kappa shape index (κ2) is 8.90. The minimum Gasteiger partial charge on any atom is -0.483 e. The molecule has 0 radical (unpaired) electrons. The van der Waals surface area contributed by atoms with Crippen LogP contribution in [0.25, 0.3) is 0 Å². The van der Waals surface area contributed by atoms with Crippen LogP contribution in [0.5, 0.6) is 5.75 Å². The maximum absolute atomic E-state index is 11.5. The molecule has 0 atom stereocenters. The van der Waals surface area contributed by atoms with Gasteiger partial charge in [0.05, 0.1) is 11.1 Å². The molecule has 1 amide bonds. The molecule has 0 unspecified atom stereocenters. The normalized spacial score (nSPS) is 10.3. The Bertz CT molecular complexity index is 413. The number of carbonyl (C=O) groups is 1. The van der Waals surface area contributed by atoms with Crippen LogP contribution in [0.2, 0.25) is 0 Å². The van der Waals surface area contributed by atoms with Gasteiger partial charge in [0.15, 0.2) is 6.61 Å². The van der Waals surface area contributed by atoms with Gasteiger partial charge in [-0.1, -0.05) is 6.07 Å². The highest BCUT2D eigenvalue weighted by Crippen LogP contribution is 2.25. The Hall–Kier alpha value is -1.11. The Labute approximate surface area is 121 Å². The predicted octanol–water partition coefficient (Wildman–Crippen LogP) is 1.31. The van der Waals surface area contributed by atoms with E-state index in [2.05, 4.69) is 26.6 Å². The van der Waals surface area contributed by atoms with E-state index in [4.69, 9.17) is 9.47 Å². The maximum Gasteiger partial charge on any atom is 0.258 e. The summed E-state index contributed by atoms with van der Waals surface area (Å²) in [6, 6.07) is 5.77. The van der Waals surface area contributed by atoms with Gasteiger partial charge in [-0.3, -0.25) is 4.79 Å². The van der Waals surface area contributed by atoms with Gasteiger partial charge in [-0.25, -0.2) is 0 Å². The molecular formula is C13H19BrN2O3. The Morgan fingerprint density at radius 1 is 1.42 bits per heavy atom. The lowest BCUT2D eigenvalue weighted by Crippen LogP contribution is -2.31. The summed E-state index contributed by atoms with van der Waals surface area (Å²) in [6.45, 7) is 1.76. The van der Waals surface area contributed by atoms with Crippen LogP contribution in [0, 0.1) is 0 Å². The van der Waals surface area contributed by atoms with E-state index >= 15 is 0 Å². The molecule has 1 aromatic carbocycles. The van der Waals surface area contributed by atoms with Crippen molar-refractivity contribution in [2.24, 2.45) is 0 Å². The molecule has 106 valence electrons. The highest BCUT2D eigenvalue weighted by Gasteiger charge is 2.06. The number of amides is 1. The largest absolute Gasteiger partial charge is 0.483 e. The zero-order chi connectivity index (χ0) is 14.1. The summed E-state index contributed by atoms with van der Waals surface area (Å²) in [5.41, 5.74) is 1.14. The number of hydrogen-bond donors (Lipinski definition) is 2. The molecule has 0 saturated heterocycles. The number of nitrogens with one attached hydrogen (secondary N) is 2. The first-order chi connectivity index (χ1) is 9.17. The molecule has 1 aromatic rings. The first kappa shape index (κ1) is 15.9. The van der Waals surface area contributed by atoms with Gasteiger partial charge in [0.25, 0.3) is 5.91 Å². The molecule has 6 heteroatoms. The average molecular weight is 331 g/mol. The quantitative estimate of drug-likeness (QED) is 0.705. The van der Waals surface area contributed by atoms with Gasteiger partial charge in [0.1, 0.15) is 5.75 Å². The lowest BCUT2D eigenvalue weighted by atomic mass is 10.2. The third-order valence-corrected chi connectivity index (χ3v) is 2.98. The van der Waals surface area contributed by atoms with Crippen LogP contribution in [0.4, 0.5) is 0 Å². The molecule has 0 aliphatic heterocycles. The number of rotatable bonds is 8. The first-order valence-corrected chi connectivity index (χ1v) is 6.78. The molecule has 19 heavy (non-hydrogen) atoms. The Morgan fingerprint density at radius 3 is 2.84 bits per heavy atom. The van der Waals surface area contributed by atoms with Crippen molar-refractivity contribution in [3.8, 4) is 5.75 Å². The topological polar surface area (TPSA) is 59.6 Å². The summed E-state index contributed by atoms with van der Waals surface area (Å²) in [6.07, 6.45) is 0. The van der Waals surface area contributed by atoms with Gasteiger partial charge in [-0.05, 0) is 40.7 Å². The molecule has 0 fully saturated rings. The monoisotopic (exact) mass is 330 g/mol. The van der Waals surface area contributed by atoms with Crippen LogP contribution < -0.4 is 15.4 Å². The summed E-state index contributed by atoms with van der Waals surface area (Å²) in [7, 11) is 3.48. The summed E-state index contributed by atoms with van der Waals surface area (Å²) in [5.74, 6) is 0.491. The smallest absolute Gasteiger partial charge is 0.258 e. The molecule has 0 aliphatic carbocycles. The third kappa shape index (κ3) is 6.04. The zero-order valence-corrected chi connectivity index (χ0v) is 12.7. The average Bonchev–Trinajstić information content (AvgIpc) is 2.38. The number of halogens is 1. The highest BCUT2D eigenvalue weighted by molar-refractivity contribution is 9.10. The number of ether oxygens (including phenoxy) is 2. The first-order valence-electron chi connectivity index (χ1n) is 5.99. The maximum atomic E-state index is 11.5. The van der Waals surface area contributed by atoms with Gasteiger partial charge in [-0.2, -0.15) is 0 Å². The number of hydrogen-bond acceptors (Lipinski definition) is 4. The summed E-state index contributed by atoms with van der Waals surface area (Å²) in [4.78, 5) is 11.5. The summed E-state index contributed by atoms with van der Waals surface area (Å²) >= 11 is 3.43. The second-order valence-electron chi connectivity index (χ2n) is 3.93. The van der Waals surface area contributed by atoms with Crippen molar-refractivity contribution in [3.05, 3.63) is 28.2 Å². The summed E-state index contributed by atoms with van der Waals surface area (Å²) < 4.78 is 11.1. The second-order valence-corrected chi connectivity index (χ2v) is 4.78. The Morgan fingerprint density at radius 2 is 2.21 bits per heavy atom. The van der Waals surface area contributed by atoms with Crippen LogP contribution in [0.1, 0.15) is 5.56 Å². The molecule has 0 spiro atoms. The molecule has 2 N–H and O–H groups in total. The van der Waals surface area contributed by atoms with E-state index in [0.29, 0.717) is 18.9 Å². The van der Waals surface area contributed by atoms with Crippen LogP contribution in [-0.2, 0) is 16.1 Å². The lowest BCUT2D eigenvalue weighted by Gasteiger charge is -2.10. The Kier molecular flexibility index (Phi) is 7.47. The molecule has 0 aliphatic rings. The van der Waals surface area contributed by atoms with Crippen molar-refractivity contribution in [1.29, 1.82) is 0 Å². The van der Waals surface area contributed by atoms with Crippen molar-refractivity contribution < 1.29 is 14.3 Å². The molecule has 0 saturated carbocycles. The van der Waals surface area contributed by atoms with E-state index in [1.54, 1.807) is 7.11 Å². The van der Waals surface area contributed by atoms with Crippen molar-refractivity contribution >= 4 is 21.8 Å². The van der Waals surface area contributed by atoms with Gasteiger partial charge >= 0.3 is 0 Å². The molecule has 0 bridgehead atoms. The van der Waals surface area contributed by atoms with E-state index in [-0.39, 0.29) is 12.5 Å². The van der Waals surface area contributed by atoms with E-state index in [1.165, 1.54) is 0 Å². The number of carbonyl (C=O) groups excluding carboxylic acids is 1. The third-order valence-electron chi connectivity index (χ3n) is 2.36. The van der Waals surface area contributed by atoms with Crippen molar-refractivity contribution in [1.82, 2.24) is 10.6 Å². The number of methoxy groups -OCH3 is 1. The molecule has 5 nitrogen and oxygen atoms in total. The molecular weight excluding hydrogens is 312 g/mol. The molecule has 1 rings (SSSR count). The fraction of sp³-hybridized carbons (Fsp3) is 0.462. The fourth-order valence-corrected chi connectivity index (χ4v) is 2.00. The minimum absolute atomic E-state index is 0.00626.